The van der Waals surface area contributed by atoms with Gasteiger partial charge in [-0.15, -0.1) is 10.2 Å². The van der Waals surface area contributed by atoms with Gasteiger partial charge in [-0.2, -0.15) is 0 Å². The van der Waals surface area contributed by atoms with E-state index in [1.807, 2.05) is 12.1 Å². The maximum atomic E-state index is 12.6. The van der Waals surface area contributed by atoms with Gasteiger partial charge in [0.1, 0.15) is 0 Å². The van der Waals surface area contributed by atoms with E-state index in [1.54, 1.807) is 0 Å². The smallest absolute Gasteiger partial charge is 0.206 e. The van der Waals surface area contributed by atoms with E-state index in [2.05, 4.69) is 45.8 Å². The number of aromatic nitrogens is 2. The minimum Gasteiger partial charge on any atom is -0.357 e. The first-order valence-electron chi connectivity index (χ1n) is 8.73. The van der Waals surface area contributed by atoms with E-state index in [0.29, 0.717) is 11.8 Å². The maximum absolute atomic E-state index is 12.6. The van der Waals surface area contributed by atoms with E-state index < -0.39 is 0 Å². The van der Waals surface area contributed by atoms with Gasteiger partial charge in [-0.25, -0.2) is 0 Å². The first-order chi connectivity index (χ1) is 12.8. The van der Waals surface area contributed by atoms with Crippen molar-refractivity contribution in [2.24, 2.45) is 0 Å². The first kappa shape index (κ1) is 16.0. The number of rotatable bonds is 6. The summed E-state index contributed by atoms with van der Waals surface area (Å²) in [5, 5.41) is 12.5. The minimum atomic E-state index is 0.133. The predicted molar refractivity (Wildman–Crippen MR) is 106 cm³/mol. The van der Waals surface area contributed by atoms with Gasteiger partial charge in [0.2, 0.25) is 5.13 Å². The zero-order valence-electron chi connectivity index (χ0n) is 14.1. The van der Waals surface area contributed by atoms with Crippen LogP contribution in [-0.4, -0.2) is 27.8 Å². The number of Topliss-reactive ketones (excluding diaryl/α,β-unsaturated/α-hetero) is 1. The number of anilines is 1. The fraction of sp³-hybridized carbons (Fsp3) is 0.250. The Labute approximate surface area is 160 Å². The number of nitrogens with one attached hydrogen (secondary N) is 1. The molecular weight excluding hydrogens is 362 g/mol. The van der Waals surface area contributed by atoms with Crippen molar-refractivity contribution < 1.29 is 4.79 Å². The predicted octanol–water partition coefficient (Wildman–Crippen LogP) is 4.66. The molecule has 26 heavy (non-hydrogen) atoms. The van der Waals surface area contributed by atoms with Gasteiger partial charge in [0, 0.05) is 11.6 Å². The van der Waals surface area contributed by atoms with Crippen molar-refractivity contribution in [1.29, 1.82) is 0 Å². The van der Waals surface area contributed by atoms with E-state index in [0.717, 1.165) is 21.5 Å². The summed E-state index contributed by atoms with van der Waals surface area (Å²) >= 11 is 2.99. The molecule has 0 amide bonds. The van der Waals surface area contributed by atoms with E-state index in [-0.39, 0.29) is 5.78 Å². The molecule has 1 aromatic heterocycles. The third-order valence-electron chi connectivity index (χ3n) is 4.76. The molecule has 0 bridgehead atoms. The molecule has 1 heterocycles. The molecule has 5 rings (SSSR count). The second kappa shape index (κ2) is 6.52. The molecule has 3 aromatic rings. The Kier molecular flexibility index (Phi) is 4.02. The van der Waals surface area contributed by atoms with Crippen molar-refractivity contribution in [2.75, 3.05) is 11.1 Å². The standard InChI is InChI=1S/C20H17N3OS2/c24-18(11-25-20-23-22-19(26-20)21-15-7-8-15)14-6-5-13-9-12-3-1-2-4-16(12)17(13)10-14/h1-6,10,15H,7-9,11H2,(H,21,22). The fourth-order valence-corrected chi connectivity index (χ4v) is 4.96. The second-order valence-corrected chi connectivity index (χ2v) is 8.91. The van der Waals surface area contributed by atoms with Crippen LogP contribution in [0.1, 0.15) is 34.3 Å². The zero-order chi connectivity index (χ0) is 17.5. The molecule has 1 saturated carbocycles. The average Bonchev–Trinajstić information content (AvgIpc) is 3.24. The van der Waals surface area contributed by atoms with Crippen LogP contribution in [0.25, 0.3) is 11.1 Å². The van der Waals surface area contributed by atoms with Crippen LogP contribution in [0.3, 0.4) is 0 Å². The summed E-state index contributed by atoms with van der Waals surface area (Å²) in [6.45, 7) is 0. The van der Waals surface area contributed by atoms with Crippen molar-refractivity contribution in [3.8, 4) is 11.1 Å². The molecule has 0 spiro atoms. The lowest BCUT2D eigenvalue weighted by molar-refractivity contribution is 0.102. The van der Waals surface area contributed by atoms with Gasteiger partial charge >= 0.3 is 0 Å². The fourth-order valence-electron chi connectivity index (χ4n) is 3.24. The number of thioether (sulfide) groups is 1. The number of carbonyl (C=O) groups excluding carboxylic acids is 1. The Morgan fingerprint density at radius 2 is 1.96 bits per heavy atom. The Morgan fingerprint density at radius 1 is 1.12 bits per heavy atom. The Balaban J connectivity index is 1.28. The van der Waals surface area contributed by atoms with Crippen LogP contribution in [0.2, 0.25) is 0 Å². The van der Waals surface area contributed by atoms with Crippen LogP contribution >= 0.6 is 23.1 Å². The molecule has 0 aliphatic heterocycles. The van der Waals surface area contributed by atoms with Crippen LogP contribution in [0.5, 0.6) is 0 Å². The number of hydrogen-bond donors (Lipinski definition) is 1. The van der Waals surface area contributed by atoms with E-state index >= 15 is 0 Å². The third kappa shape index (κ3) is 3.15. The Hall–Kier alpha value is -2.18. The summed E-state index contributed by atoms with van der Waals surface area (Å²) < 4.78 is 0.841. The Bertz CT molecular complexity index is 994. The van der Waals surface area contributed by atoms with Crippen LogP contribution in [0.15, 0.2) is 46.8 Å². The number of benzene rings is 2. The van der Waals surface area contributed by atoms with E-state index in [9.17, 15) is 4.79 Å². The van der Waals surface area contributed by atoms with Crippen LogP contribution in [0.4, 0.5) is 5.13 Å². The number of carbonyl (C=O) groups is 1. The molecule has 2 aliphatic rings. The normalized spacial score (nSPS) is 14.8. The minimum absolute atomic E-state index is 0.133. The monoisotopic (exact) mass is 379 g/mol. The highest BCUT2D eigenvalue weighted by atomic mass is 32.2. The molecule has 0 saturated heterocycles. The first-order valence-corrected chi connectivity index (χ1v) is 10.5. The molecule has 0 radical (unpaired) electrons. The summed E-state index contributed by atoms with van der Waals surface area (Å²) in [4.78, 5) is 12.6. The SMILES string of the molecule is O=C(CSc1nnc(NC2CC2)s1)c1ccc2c(c1)-c1ccccc1C2. The molecule has 2 aromatic carbocycles. The number of fused-ring (bicyclic) bond motifs is 3. The molecule has 0 unspecified atom stereocenters. The third-order valence-corrected chi connectivity index (χ3v) is 6.75. The van der Waals surface area contributed by atoms with E-state index in [4.69, 9.17) is 0 Å². The molecular formula is C20H17N3OS2. The summed E-state index contributed by atoms with van der Waals surface area (Å²) in [6, 6.07) is 15.1. The van der Waals surface area contributed by atoms with Crippen molar-refractivity contribution in [1.82, 2.24) is 10.2 Å². The van der Waals surface area contributed by atoms with E-state index in [1.165, 1.54) is 58.2 Å². The van der Waals surface area contributed by atoms with Gasteiger partial charge in [-0.3, -0.25) is 4.79 Å². The molecule has 2 aliphatic carbocycles. The summed E-state index contributed by atoms with van der Waals surface area (Å²) in [7, 11) is 0. The molecule has 6 heteroatoms. The number of hydrogen-bond acceptors (Lipinski definition) is 6. The highest BCUT2D eigenvalue weighted by molar-refractivity contribution is 8.01. The van der Waals surface area contributed by atoms with Gasteiger partial charge < -0.3 is 5.32 Å². The summed E-state index contributed by atoms with van der Waals surface area (Å²) in [5.74, 6) is 0.521. The lowest BCUT2D eigenvalue weighted by Gasteiger charge is -2.04. The van der Waals surface area contributed by atoms with Crippen LogP contribution in [0, 0.1) is 0 Å². The topological polar surface area (TPSA) is 54.9 Å². The number of nitrogens with zero attached hydrogens (tertiary/aromatic N) is 2. The zero-order valence-corrected chi connectivity index (χ0v) is 15.7. The van der Waals surface area contributed by atoms with Crippen molar-refractivity contribution in [3.05, 3.63) is 59.2 Å². The lowest BCUT2D eigenvalue weighted by atomic mass is 10.0. The Morgan fingerprint density at radius 3 is 2.85 bits per heavy atom. The second-order valence-electron chi connectivity index (χ2n) is 6.71. The highest BCUT2D eigenvalue weighted by Crippen LogP contribution is 2.37. The van der Waals surface area contributed by atoms with Gasteiger partial charge in [0.25, 0.3) is 0 Å². The van der Waals surface area contributed by atoms with Crippen LogP contribution in [-0.2, 0) is 6.42 Å². The average molecular weight is 380 g/mol. The van der Waals surface area contributed by atoms with Gasteiger partial charge in [0.05, 0.1) is 5.75 Å². The van der Waals surface area contributed by atoms with Gasteiger partial charge in [0.15, 0.2) is 10.1 Å². The molecule has 0 atom stereocenters. The highest BCUT2D eigenvalue weighted by Gasteiger charge is 2.23. The molecule has 1 fully saturated rings. The lowest BCUT2D eigenvalue weighted by Crippen LogP contribution is -2.02. The number of ketones is 1. The summed E-state index contributed by atoms with van der Waals surface area (Å²) in [5.41, 5.74) is 5.86. The van der Waals surface area contributed by atoms with Crippen molar-refractivity contribution in [2.45, 2.75) is 29.6 Å². The molecule has 1 N–H and O–H groups in total. The molecule has 4 nitrogen and oxygen atoms in total. The quantitative estimate of drug-likeness (QED) is 0.390. The van der Waals surface area contributed by atoms with Crippen LogP contribution < -0.4 is 5.32 Å². The van der Waals surface area contributed by atoms with Gasteiger partial charge in [-0.05, 0) is 47.6 Å². The summed E-state index contributed by atoms with van der Waals surface area (Å²) in [6.07, 6.45) is 3.38. The van der Waals surface area contributed by atoms with Gasteiger partial charge in [-0.1, -0.05) is 59.5 Å². The largest absolute Gasteiger partial charge is 0.357 e. The van der Waals surface area contributed by atoms with Crippen molar-refractivity contribution in [3.63, 3.8) is 0 Å². The van der Waals surface area contributed by atoms with Crippen molar-refractivity contribution >= 4 is 34.0 Å². The maximum Gasteiger partial charge on any atom is 0.206 e. The molecule has 130 valence electrons.